The highest BCUT2D eigenvalue weighted by Gasteiger charge is 2.13. The van der Waals surface area contributed by atoms with Crippen LogP contribution in [0.3, 0.4) is 0 Å². The maximum absolute atomic E-state index is 8.74. The van der Waals surface area contributed by atoms with E-state index in [9.17, 15) is 0 Å². The molecule has 0 unspecified atom stereocenters. The van der Waals surface area contributed by atoms with Crippen LogP contribution in [-0.4, -0.2) is 9.55 Å². The van der Waals surface area contributed by atoms with Gasteiger partial charge in [-0.15, -0.1) is 0 Å². The lowest BCUT2D eigenvalue weighted by atomic mass is 10.1. The van der Waals surface area contributed by atoms with Crippen molar-refractivity contribution >= 4 is 11.6 Å². The molecule has 0 N–H and O–H groups in total. The maximum atomic E-state index is 8.74. The van der Waals surface area contributed by atoms with Gasteiger partial charge in [-0.05, 0) is 13.0 Å². The molecular formula is C13H12ClN3. The molecule has 0 saturated heterocycles. The first kappa shape index (κ1) is 11.7. The number of halogens is 1. The Morgan fingerprint density at radius 2 is 2.24 bits per heavy atom. The Kier molecular flexibility index (Phi) is 3.16. The van der Waals surface area contributed by atoms with Crippen molar-refractivity contribution in [2.75, 3.05) is 0 Å². The van der Waals surface area contributed by atoms with Crippen molar-refractivity contribution in [2.24, 2.45) is 7.05 Å². The van der Waals surface area contributed by atoms with Crippen molar-refractivity contribution in [3.63, 3.8) is 0 Å². The molecular weight excluding hydrogens is 234 g/mol. The maximum Gasteiger partial charge on any atom is 0.152 e. The molecule has 1 heterocycles. The molecule has 86 valence electrons. The molecule has 0 saturated carbocycles. The van der Waals surface area contributed by atoms with Gasteiger partial charge in [-0.3, -0.25) is 0 Å². The van der Waals surface area contributed by atoms with Crippen LogP contribution in [-0.2, 0) is 13.5 Å². The second-order valence-corrected chi connectivity index (χ2v) is 4.29. The fourth-order valence-electron chi connectivity index (χ4n) is 1.81. The monoisotopic (exact) mass is 245 g/mol. The molecule has 0 aliphatic rings. The SMILES string of the molecule is Cc1cccc(-c2nc(Cl)c(CC#N)n2C)c1. The molecule has 17 heavy (non-hydrogen) atoms. The summed E-state index contributed by atoms with van der Waals surface area (Å²) in [6.07, 6.45) is 0.272. The summed E-state index contributed by atoms with van der Waals surface area (Å²) in [6, 6.07) is 10.2. The Hall–Kier alpha value is -1.79. The minimum atomic E-state index is 0.272. The summed E-state index contributed by atoms with van der Waals surface area (Å²) >= 11 is 6.04. The molecule has 0 amide bonds. The van der Waals surface area contributed by atoms with Gasteiger partial charge in [0.25, 0.3) is 0 Å². The smallest absolute Gasteiger partial charge is 0.152 e. The van der Waals surface area contributed by atoms with E-state index in [1.165, 1.54) is 5.56 Å². The largest absolute Gasteiger partial charge is 0.329 e. The van der Waals surface area contributed by atoms with Gasteiger partial charge in [-0.1, -0.05) is 35.4 Å². The quantitative estimate of drug-likeness (QED) is 0.816. The van der Waals surface area contributed by atoms with E-state index in [0.29, 0.717) is 5.15 Å². The Morgan fingerprint density at radius 3 is 2.88 bits per heavy atom. The zero-order valence-electron chi connectivity index (χ0n) is 9.74. The van der Waals surface area contributed by atoms with Crippen LogP contribution in [0.5, 0.6) is 0 Å². The van der Waals surface area contributed by atoms with Crippen LogP contribution in [0.4, 0.5) is 0 Å². The van der Waals surface area contributed by atoms with Gasteiger partial charge < -0.3 is 4.57 Å². The van der Waals surface area contributed by atoms with E-state index < -0.39 is 0 Å². The number of hydrogen-bond donors (Lipinski definition) is 0. The molecule has 0 aliphatic heterocycles. The Morgan fingerprint density at radius 1 is 1.47 bits per heavy atom. The fraction of sp³-hybridized carbons (Fsp3) is 0.231. The fourth-order valence-corrected chi connectivity index (χ4v) is 2.08. The summed E-state index contributed by atoms with van der Waals surface area (Å²) in [7, 11) is 1.88. The van der Waals surface area contributed by atoms with Crippen molar-refractivity contribution in [1.29, 1.82) is 5.26 Å². The lowest BCUT2D eigenvalue weighted by Crippen LogP contribution is -1.98. The average Bonchev–Trinajstić information content (AvgIpc) is 2.57. The Bertz CT molecular complexity index is 593. The Labute approximate surface area is 105 Å². The predicted molar refractivity (Wildman–Crippen MR) is 67.7 cm³/mol. The zero-order chi connectivity index (χ0) is 12.4. The van der Waals surface area contributed by atoms with Gasteiger partial charge in [-0.2, -0.15) is 5.26 Å². The summed E-state index contributed by atoms with van der Waals surface area (Å²) < 4.78 is 1.88. The van der Waals surface area contributed by atoms with Crippen LogP contribution in [0.2, 0.25) is 5.15 Å². The molecule has 0 fully saturated rings. The molecule has 2 rings (SSSR count). The van der Waals surface area contributed by atoms with E-state index in [1.54, 1.807) is 0 Å². The third-order valence-corrected chi connectivity index (χ3v) is 2.99. The summed E-state index contributed by atoms with van der Waals surface area (Å²) in [5.41, 5.74) is 2.94. The van der Waals surface area contributed by atoms with Gasteiger partial charge >= 0.3 is 0 Å². The van der Waals surface area contributed by atoms with Crippen molar-refractivity contribution in [3.05, 3.63) is 40.7 Å². The van der Waals surface area contributed by atoms with Crippen LogP contribution >= 0.6 is 11.6 Å². The first-order valence-electron chi connectivity index (χ1n) is 5.28. The third kappa shape index (κ3) is 2.17. The van der Waals surface area contributed by atoms with E-state index >= 15 is 0 Å². The van der Waals surface area contributed by atoms with Gasteiger partial charge in [0, 0.05) is 12.6 Å². The number of aryl methyl sites for hydroxylation is 1. The van der Waals surface area contributed by atoms with Gasteiger partial charge in [0.1, 0.15) is 5.82 Å². The molecule has 2 aromatic rings. The second-order valence-electron chi connectivity index (χ2n) is 3.94. The van der Waals surface area contributed by atoms with Crippen LogP contribution < -0.4 is 0 Å². The number of nitrogens with zero attached hydrogens (tertiary/aromatic N) is 3. The van der Waals surface area contributed by atoms with E-state index in [2.05, 4.69) is 17.1 Å². The average molecular weight is 246 g/mol. The van der Waals surface area contributed by atoms with Crippen molar-refractivity contribution < 1.29 is 0 Å². The van der Waals surface area contributed by atoms with Crippen molar-refractivity contribution in [3.8, 4) is 17.5 Å². The predicted octanol–water partition coefficient (Wildman–Crippen LogP) is 3.12. The van der Waals surface area contributed by atoms with Gasteiger partial charge in [-0.25, -0.2) is 4.98 Å². The number of aromatic nitrogens is 2. The molecule has 1 aromatic carbocycles. The van der Waals surface area contributed by atoms with E-state index in [0.717, 1.165) is 17.1 Å². The first-order chi connectivity index (χ1) is 8.13. The number of benzene rings is 1. The molecule has 0 radical (unpaired) electrons. The van der Waals surface area contributed by atoms with Crippen molar-refractivity contribution in [1.82, 2.24) is 9.55 Å². The topological polar surface area (TPSA) is 41.6 Å². The van der Waals surface area contributed by atoms with Crippen LogP contribution in [0.15, 0.2) is 24.3 Å². The van der Waals surface area contributed by atoms with E-state index in [1.807, 2.05) is 36.7 Å². The number of hydrogen-bond acceptors (Lipinski definition) is 2. The molecule has 0 atom stereocenters. The lowest BCUT2D eigenvalue weighted by Gasteiger charge is -2.04. The zero-order valence-corrected chi connectivity index (χ0v) is 10.5. The first-order valence-corrected chi connectivity index (χ1v) is 5.66. The molecule has 0 spiro atoms. The van der Waals surface area contributed by atoms with E-state index in [-0.39, 0.29) is 6.42 Å². The highest BCUT2D eigenvalue weighted by Crippen LogP contribution is 2.25. The normalized spacial score (nSPS) is 10.2. The second kappa shape index (κ2) is 4.60. The summed E-state index contributed by atoms with van der Waals surface area (Å²) in [5, 5.41) is 9.15. The van der Waals surface area contributed by atoms with Gasteiger partial charge in [0.15, 0.2) is 5.15 Å². The molecule has 3 nitrogen and oxygen atoms in total. The standard InChI is InChI=1S/C13H12ClN3/c1-9-4-3-5-10(8-9)13-16-12(14)11(6-7-15)17(13)2/h3-5,8H,6H2,1-2H3. The molecule has 1 aromatic heterocycles. The van der Waals surface area contributed by atoms with Crippen LogP contribution in [0, 0.1) is 18.3 Å². The number of rotatable bonds is 2. The number of imidazole rings is 1. The summed E-state index contributed by atoms with van der Waals surface area (Å²) in [6.45, 7) is 2.03. The third-order valence-electron chi connectivity index (χ3n) is 2.69. The summed E-state index contributed by atoms with van der Waals surface area (Å²) in [4.78, 5) is 4.32. The summed E-state index contributed by atoms with van der Waals surface area (Å²) in [5.74, 6) is 0.795. The number of nitriles is 1. The van der Waals surface area contributed by atoms with Gasteiger partial charge in [0.2, 0.25) is 0 Å². The van der Waals surface area contributed by atoms with Crippen LogP contribution in [0.25, 0.3) is 11.4 Å². The Balaban J connectivity index is 2.54. The lowest BCUT2D eigenvalue weighted by molar-refractivity contribution is 0.864. The molecule has 4 heteroatoms. The minimum absolute atomic E-state index is 0.272. The van der Waals surface area contributed by atoms with E-state index in [4.69, 9.17) is 16.9 Å². The van der Waals surface area contributed by atoms with Gasteiger partial charge in [0.05, 0.1) is 18.2 Å². The minimum Gasteiger partial charge on any atom is -0.329 e. The van der Waals surface area contributed by atoms with Crippen molar-refractivity contribution in [2.45, 2.75) is 13.3 Å². The highest BCUT2D eigenvalue weighted by atomic mass is 35.5. The molecule has 0 bridgehead atoms. The molecule has 0 aliphatic carbocycles. The van der Waals surface area contributed by atoms with Crippen LogP contribution in [0.1, 0.15) is 11.3 Å². The highest BCUT2D eigenvalue weighted by molar-refractivity contribution is 6.30.